The molecule has 0 aromatic heterocycles. The highest BCUT2D eigenvalue weighted by atomic mass is 32.2. The molecule has 0 bridgehead atoms. The fourth-order valence-corrected chi connectivity index (χ4v) is 5.04. The maximum absolute atomic E-state index is 12.9. The van der Waals surface area contributed by atoms with E-state index in [1.54, 1.807) is 17.0 Å². The van der Waals surface area contributed by atoms with Gasteiger partial charge in [-0.1, -0.05) is 12.1 Å². The summed E-state index contributed by atoms with van der Waals surface area (Å²) < 4.78 is 23.2. The molecule has 0 saturated carbocycles. The Hall–Kier alpha value is -2.79. The van der Waals surface area contributed by atoms with Crippen LogP contribution in [-0.2, 0) is 26.0 Å². The number of rotatable bonds is 6. The number of carbonyl (C=O) groups is 2. The molecular weight excluding hydrogens is 454 g/mol. The van der Waals surface area contributed by atoms with Gasteiger partial charge in [-0.3, -0.25) is 19.4 Å². The van der Waals surface area contributed by atoms with Crippen molar-refractivity contribution >= 4 is 33.2 Å². The molecule has 3 N–H and O–H groups in total. The first-order valence-electron chi connectivity index (χ1n) is 11.4. The van der Waals surface area contributed by atoms with E-state index in [-0.39, 0.29) is 16.7 Å². The monoisotopic (exact) mass is 485 g/mol. The van der Waals surface area contributed by atoms with Crippen molar-refractivity contribution in [1.29, 1.82) is 0 Å². The van der Waals surface area contributed by atoms with Crippen LogP contribution in [-0.4, -0.2) is 75.8 Å². The Morgan fingerprint density at radius 1 is 0.971 bits per heavy atom. The molecule has 2 aromatic rings. The molecule has 1 fully saturated rings. The van der Waals surface area contributed by atoms with E-state index in [2.05, 4.69) is 15.1 Å². The van der Waals surface area contributed by atoms with Gasteiger partial charge in [-0.2, -0.15) is 0 Å². The highest BCUT2D eigenvalue weighted by molar-refractivity contribution is 7.89. The molecule has 1 saturated heterocycles. The first-order chi connectivity index (χ1) is 16.1. The number of hydrogen-bond donors (Lipinski definition) is 2. The van der Waals surface area contributed by atoms with Crippen LogP contribution in [0.2, 0.25) is 0 Å². The Bertz CT molecular complexity index is 1210. The first kappa shape index (κ1) is 24.3. The average molecular weight is 486 g/mol. The second-order valence-electron chi connectivity index (χ2n) is 8.98. The number of amides is 2. The highest BCUT2D eigenvalue weighted by Gasteiger charge is 2.28. The zero-order valence-corrected chi connectivity index (χ0v) is 20.4. The van der Waals surface area contributed by atoms with Gasteiger partial charge in [-0.15, -0.1) is 0 Å². The van der Waals surface area contributed by atoms with Crippen LogP contribution >= 0.6 is 0 Å². The topological polar surface area (TPSA) is 116 Å². The number of aryl methyl sites for hydroxylation is 1. The van der Waals surface area contributed by atoms with Crippen LogP contribution in [0, 0.1) is 13.8 Å². The number of piperazine rings is 1. The lowest BCUT2D eigenvalue weighted by Crippen LogP contribution is -2.51. The summed E-state index contributed by atoms with van der Waals surface area (Å²) in [7, 11) is -3.77. The summed E-state index contributed by atoms with van der Waals surface area (Å²) >= 11 is 0. The van der Waals surface area contributed by atoms with Gasteiger partial charge >= 0.3 is 0 Å². The average Bonchev–Trinajstić information content (AvgIpc) is 3.21. The van der Waals surface area contributed by atoms with Crippen molar-refractivity contribution in [3.8, 4) is 0 Å². The van der Waals surface area contributed by atoms with Gasteiger partial charge in [0.2, 0.25) is 21.8 Å². The number of anilines is 2. The van der Waals surface area contributed by atoms with Crippen LogP contribution in [0.15, 0.2) is 41.3 Å². The Morgan fingerprint density at radius 2 is 1.65 bits per heavy atom. The van der Waals surface area contributed by atoms with Crippen molar-refractivity contribution in [2.24, 2.45) is 5.14 Å². The lowest BCUT2D eigenvalue weighted by atomic mass is 10.1. The minimum Gasteiger partial charge on any atom is -0.325 e. The van der Waals surface area contributed by atoms with Crippen LogP contribution < -0.4 is 15.4 Å². The van der Waals surface area contributed by atoms with E-state index in [9.17, 15) is 18.0 Å². The molecule has 10 heteroatoms. The van der Waals surface area contributed by atoms with Gasteiger partial charge in [0, 0.05) is 44.1 Å². The zero-order chi connectivity index (χ0) is 24.5. The van der Waals surface area contributed by atoms with Crippen molar-refractivity contribution in [2.45, 2.75) is 25.2 Å². The van der Waals surface area contributed by atoms with E-state index in [1.165, 1.54) is 6.07 Å². The Labute approximate surface area is 200 Å². The first-order valence-corrected chi connectivity index (χ1v) is 12.9. The lowest BCUT2D eigenvalue weighted by molar-refractivity contribution is -0.121. The molecule has 182 valence electrons. The fraction of sp³-hybridized carbons (Fsp3) is 0.417. The summed E-state index contributed by atoms with van der Waals surface area (Å²) in [6, 6.07) is 10.5. The number of fused-ring (bicyclic) bond motifs is 1. The van der Waals surface area contributed by atoms with Gasteiger partial charge in [0.05, 0.1) is 18.0 Å². The number of benzene rings is 2. The number of sulfonamides is 1. The van der Waals surface area contributed by atoms with Crippen molar-refractivity contribution in [3.05, 3.63) is 53.1 Å². The summed E-state index contributed by atoms with van der Waals surface area (Å²) in [5.41, 5.74) is 4.63. The van der Waals surface area contributed by atoms with Gasteiger partial charge < -0.3 is 10.2 Å². The van der Waals surface area contributed by atoms with Gasteiger partial charge in [0.1, 0.15) is 0 Å². The van der Waals surface area contributed by atoms with Crippen LogP contribution in [0.1, 0.15) is 16.7 Å². The SMILES string of the molecule is Cc1cccc(NC(=O)CN2CCN(CC(=O)N3CCc4cc(S(N)(=O)=O)ccc43)CC2)c1C. The Morgan fingerprint density at radius 3 is 2.32 bits per heavy atom. The number of nitrogens with two attached hydrogens (primary N) is 1. The molecule has 4 rings (SSSR count). The summed E-state index contributed by atoms with van der Waals surface area (Å²) in [6.45, 7) is 7.98. The molecule has 0 radical (unpaired) electrons. The largest absolute Gasteiger partial charge is 0.325 e. The molecule has 0 aliphatic carbocycles. The normalized spacial score (nSPS) is 17.0. The molecule has 2 aromatic carbocycles. The maximum Gasteiger partial charge on any atom is 0.241 e. The van der Waals surface area contributed by atoms with Crippen LogP contribution in [0.4, 0.5) is 11.4 Å². The third-order valence-electron chi connectivity index (χ3n) is 6.65. The van der Waals surface area contributed by atoms with E-state index in [0.29, 0.717) is 52.2 Å². The molecule has 0 spiro atoms. The minimum absolute atomic E-state index is 0.0109. The summed E-state index contributed by atoms with van der Waals surface area (Å²) in [5, 5.41) is 8.22. The van der Waals surface area contributed by atoms with Crippen molar-refractivity contribution in [3.63, 3.8) is 0 Å². The van der Waals surface area contributed by atoms with Crippen LogP contribution in [0.3, 0.4) is 0 Å². The van der Waals surface area contributed by atoms with Crippen molar-refractivity contribution < 1.29 is 18.0 Å². The van der Waals surface area contributed by atoms with E-state index in [1.807, 2.05) is 32.0 Å². The third kappa shape index (κ3) is 5.47. The van der Waals surface area contributed by atoms with Crippen LogP contribution in [0.25, 0.3) is 0 Å². The number of primary sulfonamides is 1. The second-order valence-corrected chi connectivity index (χ2v) is 10.5. The molecule has 2 aliphatic heterocycles. The third-order valence-corrected chi connectivity index (χ3v) is 7.56. The van der Waals surface area contributed by atoms with Gasteiger partial charge in [-0.05, 0) is 61.2 Å². The molecule has 34 heavy (non-hydrogen) atoms. The van der Waals surface area contributed by atoms with Crippen molar-refractivity contribution in [1.82, 2.24) is 9.80 Å². The molecule has 2 heterocycles. The summed E-state index contributed by atoms with van der Waals surface area (Å²) in [6.07, 6.45) is 0.605. The Kier molecular flexibility index (Phi) is 7.04. The van der Waals surface area contributed by atoms with Gasteiger partial charge in [0.15, 0.2) is 0 Å². The second kappa shape index (κ2) is 9.83. The van der Waals surface area contributed by atoms with Crippen LogP contribution in [0.5, 0.6) is 0 Å². The number of nitrogens with zero attached hydrogens (tertiary/aromatic N) is 3. The van der Waals surface area contributed by atoms with E-state index >= 15 is 0 Å². The van der Waals surface area contributed by atoms with E-state index in [4.69, 9.17) is 5.14 Å². The molecule has 2 amide bonds. The Balaban J connectivity index is 1.27. The zero-order valence-electron chi connectivity index (χ0n) is 19.6. The minimum atomic E-state index is -3.77. The molecule has 2 aliphatic rings. The molecule has 0 unspecified atom stereocenters. The highest BCUT2D eigenvalue weighted by Crippen LogP contribution is 2.30. The predicted molar refractivity (Wildman–Crippen MR) is 131 cm³/mol. The predicted octanol–water partition coefficient (Wildman–Crippen LogP) is 1.10. The molecule has 0 atom stereocenters. The summed E-state index contributed by atoms with van der Waals surface area (Å²) in [5.74, 6) is -0.0472. The van der Waals surface area contributed by atoms with Crippen molar-refractivity contribution in [2.75, 3.05) is 56.0 Å². The van der Waals surface area contributed by atoms with E-state index < -0.39 is 10.0 Å². The molecule has 9 nitrogen and oxygen atoms in total. The van der Waals surface area contributed by atoms with Gasteiger partial charge in [0.25, 0.3) is 0 Å². The van der Waals surface area contributed by atoms with E-state index in [0.717, 1.165) is 28.1 Å². The maximum atomic E-state index is 12.9. The number of nitrogens with one attached hydrogen (secondary N) is 1. The molecular formula is C24H31N5O4S. The van der Waals surface area contributed by atoms with Gasteiger partial charge in [-0.25, -0.2) is 13.6 Å². The standard InChI is InChI=1S/C24H31N5O4S/c1-17-4-3-5-21(18(17)2)26-23(30)15-27-10-12-28(13-11-27)16-24(31)29-9-8-19-14-20(34(25,32)33)6-7-22(19)29/h3-7,14H,8-13,15-16H2,1-2H3,(H,26,30)(H2,25,32,33). The smallest absolute Gasteiger partial charge is 0.241 e. The number of carbonyl (C=O) groups excluding carboxylic acids is 2. The number of hydrogen-bond acceptors (Lipinski definition) is 6. The quantitative estimate of drug-likeness (QED) is 0.633. The fourth-order valence-electron chi connectivity index (χ4n) is 4.48. The summed E-state index contributed by atoms with van der Waals surface area (Å²) in [4.78, 5) is 31.4. The lowest BCUT2D eigenvalue weighted by Gasteiger charge is -2.34.